The Kier molecular flexibility index (Phi) is 3.15. The van der Waals surface area contributed by atoms with Gasteiger partial charge in [0, 0.05) is 11.0 Å². The molecular formula is C18H21NO. The molecule has 0 aliphatic carbocycles. The van der Waals surface area contributed by atoms with E-state index in [2.05, 4.69) is 74.4 Å². The van der Waals surface area contributed by atoms with Crippen LogP contribution in [-0.2, 0) is 17.1 Å². The Balaban J connectivity index is 1.89. The van der Waals surface area contributed by atoms with E-state index >= 15 is 0 Å². The minimum Gasteiger partial charge on any atom is -0.265 e. The van der Waals surface area contributed by atoms with Gasteiger partial charge in [-0.2, -0.15) is 0 Å². The van der Waals surface area contributed by atoms with Crippen molar-refractivity contribution in [2.24, 2.45) is 5.41 Å². The molecule has 2 unspecified atom stereocenters. The van der Waals surface area contributed by atoms with Crippen LogP contribution in [-0.4, -0.2) is 5.06 Å². The summed E-state index contributed by atoms with van der Waals surface area (Å²) in [5, 5.41) is 2.09. The molecule has 2 heteroatoms. The molecule has 0 aromatic heterocycles. The van der Waals surface area contributed by atoms with E-state index in [9.17, 15) is 0 Å². The molecule has 1 aliphatic heterocycles. The van der Waals surface area contributed by atoms with Gasteiger partial charge in [0.05, 0.1) is 6.54 Å². The second-order valence-corrected chi connectivity index (χ2v) is 6.37. The first-order valence-electron chi connectivity index (χ1n) is 7.10. The van der Waals surface area contributed by atoms with E-state index in [1.807, 2.05) is 12.1 Å². The monoisotopic (exact) mass is 267 g/mol. The normalized spacial score (nSPS) is 25.4. The molecular weight excluding hydrogens is 246 g/mol. The maximum atomic E-state index is 6.09. The molecule has 0 radical (unpaired) electrons. The highest BCUT2D eigenvalue weighted by atomic mass is 16.9. The number of nitrogens with zero attached hydrogens (tertiary/aromatic N) is 1. The summed E-state index contributed by atoms with van der Waals surface area (Å²) in [5.74, 6) is 0. The van der Waals surface area contributed by atoms with Crippen LogP contribution in [0, 0.1) is 5.41 Å². The van der Waals surface area contributed by atoms with Gasteiger partial charge in [-0.25, -0.2) is 0 Å². The van der Waals surface area contributed by atoms with Crippen LogP contribution >= 0.6 is 0 Å². The van der Waals surface area contributed by atoms with Crippen LogP contribution in [0.2, 0.25) is 0 Å². The Morgan fingerprint density at radius 1 is 0.900 bits per heavy atom. The van der Waals surface area contributed by atoms with E-state index in [4.69, 9.17) is 4.84 Å². The molecule has 3 rings (SSSR count). The summed E-state index contributed by atoms with van der Waals surface area (Å²) in [7, 11) is 0. The fourth-order valence-corrected chi connectivity index (χ4v) is 2.84. The molecule has 104 valence electrons. The number of benzene rings is 2. The third-order valence-corrected chi connectivity index (χ3v) is 3.91. The minimum atomic E-state index is -0.315. The van der Waals surface area contributed by atoms with Gasteiger partial charge in [-0.05, 0) is 5.56 Å². The summed E-state index contributed by atoms with van der Waals surface area (Å²) in [6, 6.07) is 21.0. The molecule has 1 fully saturated rings. The average Bonchev–Trinajstić information content (AvgIpc) is 3.16. The van der Waals surface area contributed by atoms with Gasteiger partial charge in [0.2, 0.25) is 0 Å². The van der Waals surface area contributed by atoms with Crippen molar-refractivity contribution in [3.63, 3.8) is 0 Å². The molecule has 1 aliphatic rings. The van der Waals surface area contributed by atoms with Crippen molar-refractivity contribution in [3.05, 3.63) is 71.8 Å². The van der Waals surface area contributed by atoms with Crippen molar-refractivity contribution in [1.29, 1.82) is 0 Å². The molecule has 2 atom stereocenters. The second kappa shape index (κ2) is 4.72. The van der Waals surface area contributed by atoms with Gasteiger partial charge in [0.1, 0.15) is 0 Å². The zero-order valence-corrected chi connectivity index (χ0v) is 12.3. The van der Waals surface area contributed by atoms with Gasteiger partial charge in [0.25, 0.3) is 0 Å². The van der Waals surface area contributed by atoms with E-state index in [0.29, 0.717) is 0 Å². The number of rotatable bonds is 3. The van der Waals surface area contributed by atoms with Crippen LogP contribution in [0.25, 0.3) is 0 Å². The van der Waals surface area contributed by atoms with Crippen LogP contribution in [0.1, 0.15) is 31.9 Å². The van der Waals surface area contributed by atoms with Gasteiger partial charge >= 0.3 is 0 Å². The van der Waals surface area contributed by atoms with Crippen LogP contribution in [0.4, 0.5) is 0 Å². The largest absolute Gasteiger partial charge is 0.265 e. The van der Waals surface area contributed by atoms with E-state index in [1.54, 1.807) is 0 Å². The predicted molar refractivity (Wildman–Crippen MR) is 80.6 cm³/mol. The summed E-state index contributed by atoms with van der Waals surface area (Å²) in [5.41, 5.74) is 2.20. The summed E-state index contributed by atoms with van der Waals surface area (Å²) >= 11 is 0. The minimum absolute atomic E-state index is 0.0170. The van der Waals surface area contributed by atoms with Crippen molar-refractivity contribution < 1.29 is 4.84 Å². The molecule has 20 heavy (non-hydrogen) atoms. The highest BCUT2D eigenvalue weighted by Gasteiger charge is 2.63. The Morgan fingerprint density at radius 2 is 1.45 bits per heavy atom. The molecule has 2 aromatic carbocycles. The molecule has 0 spiro atoms. The quantitative estimate of drug-likeness (QED) is 0.769. The van der Waals surface area contributed by atoms with Crippen molar-refractivity contribution in [3.8, 4) is 0 Å². The van der Waals surface area contributed by atoms with E-state index in [0.717, 1.165) is 6.54 Å². The molecule has 2 nitrogen and oxygen atoms in total. The highest BCUT2D eigenvalue weighted by Crippen LogP contribution is 2.57. The first-order chi connectivity index (χ1) is 9.54. The summed E-state index contributed by atoms with van der Waals surface area (Å²) in [4.78, 5) is 6.09. The smallest absolute Gasteiger partial charge is 0.195 e. The molecule has 2 aromatic rings. The Morgan fingerprint density at radius 3 is 2.00 bits per heavy atom. The molecule has 1 heterocycles. The lowest BCUT2D eigenvalue weighted by atomic mass is 9.80. The maximum Gasteiger partial charge on any atom is 0.195 e. The van der Waals surface area contributed by atoms with Crippen LogP contribution in [0.5, 0.6) is 0 Å². The fourth-order valence-electron chi connectivity index (χ4n) is 2.84. The zero-order chi connectivity index (χ0) is 14.2. The van der Waals surface area contributed by atoms with Crippen molar-refractivity contribution in [2.75, 3.05) is 0 Å². The number of hydroxylamine groups is 2. The predicted octanol–water partition coefficient (Wildman–Crippen LogP) is 4.33. The Hall–Kier alpha value is -1.64. The van der Waals surface area contributed by atoms with Gasteiger partial charge in [-0.3, -0.25) is 4.84 Å². The van der Waals surface area contributed by atoms with Gasteiger partial charge < -0.3 is 0 Å². The van der Waals surface area contributed by atoms with Gasteiger partial charge in [-0.15, -0.1) is 5.06 Å². The topological polar surface area (TPSA) is 15.5 Å². The standard InChI is InChI=1S/C18H21NO/c1-17(2,3)18(16-12-8-5-9-13-16)19(20-18)14-15-10-6-4-7-11-15/h4-13H,14H2,1-3H3. The Labute approximate surface area is 120 Å². The number of hydrogen-bond donors (Lipinski definition) is 0. The molecule has 0 N–H and O–H groups in total. The van der Waals surface area contributed by atoms with Gasteiger partial charge in [-0.1, -0.05) is 81.4 Å². The highest BCUT2D eigenvalue weighted by molar-refractivity contribution is 5.28. The average molecular weight is 267 g/mol. The third kappa shape index (κ3) is 2.15. The number of hydrogen-bond acceptors (Lipinski definition) is 2. The molecule has 0 bridgehead atoms. The van der Waals surface area contributed by atoms with Crippen molar-refractivity contribution in [1.82, 2.24) is 5.06 Å². The third-order valence-electron chi connectivity index (χ3n) is 3.91. The lowest BCUT2D eigenvalue weighted by molar-refractivity contribution is 0.147. The summed E-state index contributed by atoms with van der Waals surface area (Å²) < 4.78 is 0. The van der Waals surface area contributed by atoms with Crippen LogP contribution in [0.15, 0.2) is 60.7 Å². The van der Waals surface area contributed by atoms with Crippen LogP contribution < -0.4 is 0 Å². The lowest BCUT2D eigenvalue weighted by Crippen LogP contribution is -2.32. The molecule has 0 saturated carbocycles. The first kappa shape index (κ1) is 13.3. The van der Waals surface area contributed by atoms with E-state index in [1.165, 1.54) is 11.1 Å². The van der Waals surface area contributed by atoms with Crippen molar-refractivity contribution >= 4 is 0 Å². The Bertz CT molecular complexity index is 573. The van der Waals surface area contributed by atoms with Gasteiger partial charge in [0.15, 0.2) is 5.72 Å². The van der Waals surface area contributed by atoms with Crippen LogP contribution in [0.3, 0.4) is 0 Å². The summed E-state index contributed by atoms with van der Waals surface area (Å²) in [6.07, 6.45) is 0. The lowest BCUT2D eigenvalue weighted by Gasteiger charge is -2.27. The first-order valence-corrected chi connectivity index (χ1v) is 7.10. The molecule has 1 saturated heterocycles. The second-order valence-electron chi connectivity index (χ2n) is 6.37. The molecule has 0 amide bonds. The zero-order valence-electron chi connectivity index (χ0n) is 12.3. The van der Waals surface area contributed by atoms with E-state index < -0.39 is 0 Å². The SMILES string of the molecule is CC(C)(C)C1(c2ccccc2)ON1Cc1ccccc1. The van der Waals surface area contributed by atoms with Crippen molar-refractivity contribution in [2.45, 2.75) is 33.0 Å². The fraction of sp³-hybridized carbons (Fsp3) is 0.333. The summed E-state index contributed by atoms with van der Waals surface area (Å²) in [6.45, 7) is 7.49. The maximum absolute atomic E-state index is 6.09. The van der Waals surface area contributed by atoms with E-state index in [-0.39, 0.29) is 11.1 Å².